The summed E-state index contributed by atoms with van der Waals surface area (Å²) in [4.78, 5) is 30.5. The maximum Gasteiger partial charge on any atom is 0.292 e. The average molecular weight is 401 g/mol. The highest BCUT2D eigenvalue weighted by atomic mass is 35.5. The smallest absolute Gasteiger partial charge is 0.292 e. The number of halogens is 1. The van der Waals surface area contributed by atoms with Gasteiger partial charge in [-0.25, -0.2) is 4.90 Å². The van der Waals surface area contributed by atoms with Gasteiger partial charge in [-0.2, -0.15) is 0 Å². The van der Waals surface area contributed by atoms with Crippen molar-refractivity contribution in [3.63, 3.8) is 0 Å². The summed E-state index contributed by atoms with van der Waals surface area (Å²) in [5.41, 5.74) is 1.66. The number of nitrogens with one attached hydrogen (secondary N) is 1. The highest BCUT2D eigenvalue weighted by Crippen LogP contribution is 2.31. The molecule has 0 radical (unpaired) electrons. The van der Waals surface area contributed by atoms with Crippen molar-refractivity contribution in [2.24, 2.45) is 0 Å². The predicted octanol–water partition coefficient (Wildman–Crippen LogP) is 1.39. The normalized spacial score (nSPS) is 20.7. The minimum absolute atomic E-state index is 0.135. The van der Waals surface area contributed by atoms with Crippen molar-refractivity contribution in [1.29, 1.82) is 0 Å². The van der Waals surface area contributed by atoms with Crippen molar-refractivity contribution in [2.75, 3.05) is 43.1 Å². The molecular formula is C21H23ClN3O3+. The van der Waals surface area contributed by atoms with E-state index < -0.39 is 0 Å². The Morgan fingerprint density at radius 3 is 2.39 bits per heavy atom. The van der Waals surface area contributed by atoms with Gasteiger partial charge in [-0.1, -0.05) is 23.7 Å². The van der Waals surface area contributed by atoms with E-state index in [1.54, 1.807) is 19.2 Å². The van der Waals surface area contributed by atoms with Gasteiger partial charge in [-0.05, 0) is 36.4 Å². The molecule has 2 saturated heterocycles. The van der Waals surface area contributed by atoms with Crippen LogP contribution in [-0.2, 0) is 9.59 Å². The number of para-hydroxylation sites is 2. The first kappa shape index (κ1) is 18.8. The number of methoxy groups -OCH3 is 1. The lowest BCUT2D eigenvalue weighted by molar-refractivity contribution is -0.915. The molecule has 146 valence electrons. The summed E-state index contributed by atoms with van der Waals surface area (Å²) in [7, 11) is 1.54. The van der Waals surface area contributed by atoms with Crippen LogP contribution in [0.3, 0.4) is 0 Å². The molecular weight excluding hydrogens is 378 g/mol. The Bertz CT molecular complexity index is 879. The van der Waals surface area contributed by atoms with Crippen LogP contribution < -0.4 is 19.4 Å². The van der Waals surface area contributed by atoms with Crippen molar-refractivity contribution in [3.05, 3.63) is 53.6 Å². The molecule has 6 nitrogen and oxygen atoms in total. The maximum absolute atomic E-state index is 13.1. The fraction of sp³-hybridized carbons (Fsp3) is 0.333. The quantitative estimate of drug-likeness (QED) is 0.788. The summed E-state index contributed by atoms with van der Waals surface area (Å²) in [5.74, 6) is 0.240. The van der Waals surface area contributed by atoms with Crippen molar-refractivity contribution >= 4 is 34.8 Å². The van der Waals surface area contributed by atoms with Crippen molar-refractivity contribution in [2.45, 2.75) is 12.5 Å². The number of amides is 2. The number of quaternary nitrogens is 1. The summed E-state index contributed by atoms with van der Waals surface area (Å²) >= 11 is 5.97. The lowest BCUT2D eigenvalue weighted by Crippen LogP contribution is -3.19. The molecule has 1 unspecified atom stereocenters. The molecule has 0 aliphatic carbocycles. The van der Waals surface area contributed by atoms with Crippen LogP contribution in [0.15, 0.2) is 48.5 Å². The number of hydrogen-bond donors (Lipinski definition) is 1. The number of imide groups is 1. The third kappa shape index (κ3) is 3.45. The molecule has 2 aliphatic heterocycles. The van der Waals surface area contributed by atoms with E-state index in [2.05, 4.69) is 4.90 Å². The SMILES string of the molecule is COc1ccccc1N1C(=O)CC([NH+]2CCN(c3ccc(Cl)cc3)CC2)C1=O. The highest BCUT2D eigenvalue weighted by molar-refractivity contribution is 6.30. The van der Waals surface area contributed by atoms with Crippen LogP contribution in [0.1, 0.15) is 6.42 Å². The fourth-order valence-electron chi connectivity index (χ4n) is 4.07. The largest absolute Gasteiger partial charge is 0.495 e. The Labute approximate surface area is 169 Å². The first-order valence-corrected chi connectivity index (χ1v) is 9.81. The van der Waals surface area contributed by atoms with E-state index in [0.717, 1.165) is 36.9 Å². The summed E-state index contributed by atoms with van der Waals surface area (Å²) in [6, 6.07) is 14.6. The molecule has 1 N–H and O–H groups in total. The van der Waals surface area contributed by atoms with E-state index in [1.807, 2.05) is 36.4 Å². The Hall–Kier alpha value is -2.57. The van der Waals surface area contributed by atoms with Crippen LogP contribution >= 0.6 is 11.6 Å². The summed E-state index contributed by atoms with van der Waals surface area (Å²) < 4.78 is 5.34. The zero-order valence-corrected chi connectivity index (χ0v) is 16.5. The first-order valence-electron chi connectivity index (χ1n) is 9.43. The van der Waals surface area contributed by atoms with Gasteiger partial charge in [-0.3, -0.25) is 9.59 Å². The predicted molar refractivity (Wildman–Crippen MR) is 108 cm³/mol. The third-order valence-electron chi connectivity index (χ3n) is 5.56. The van der Waals surface area contributed by atoms with Gasteiger partial charge in [0.05, 0.1) is 45.4 Å². The second-order valence-electron chi connectivity index (χ2n) is 7.12. The second kappa shape index (κ2) is 7.81. The molecule has 2 fully saturated rings. The topological polar surface area (TPSA) is 54.3 Å². The van der Waals surface area contributed by atoms with Gasteiger partial charge in [0.25, 0.3) is 5.91 Å². The minimum atomic E-state index is -0.329. The van der Waals surface area contributed by atoms with Crippen LogP contribution in [0.25, 0.3) is 0 Å². The van der Waals surface area contributed by atoms with Gasteiger partial charge in [-0.15, -0.1) is 0 Å². The molecule has 0 spiro atoms. The average Bonchev–Trinajstić information content (AvgIpc) is 3.02. The molecule has 2 aromatic rings. The number of rotatable bonds is 4. The molecule has 0 aromatic heterocycles. The fourth-order valence-corrected chi connectivity index (χ4v) is 4.20. The van der Waals surface area contributed by atoms with Gasteiger partial charge in [0.2, 0.25) is 5.91 Å². The maximum atomic E-state index is 13.1. The Balaban J connectivity index is 1.45. The van der Waals surface area contributed by atoms with Crippen molar-refractivity contribution in [1.82, 2.24) is 0 Å². The van der Waals surface area contributed by atoms with E-state index in [4.69, 9.17) is 16.3 Å². The number of hydrogen-bond acceptors (Lipinski definition) is 4. The van der Waals surface area contributed by atoms with E-state index in [0.29, 0.717) is 11.4 Å². The highest BCUT2D eigenvalue weighted by Gasteiger charge is 2.47. The van der Waals surface area contributed by atoms with E-state index >= 15 is 0 Å². The molecule has 2 heterocycles. The van der Waals surface area contributed by atoms with Crippen LogP contribution in [0, 0.1) is 0 Å². The molecule has 1 atom stereocenters. The van der Waals surface area contributed by atoms with Gasteiger partial charge in [0, 0.05) is 10.7 Å². The summed E-state index contributed by atoms with van der Waals surface area (Å²) in [6.07, 6.45) is 0.243. The van der Waals surface area contributed by atoms with Crippen LogP contribution in [0.2, 0.25) is 5.02 Å². The van der Waals surface area contributed by atoms with Gasteiger partial charge >= 0.3 is 0 Å². The Kier molecular flexibility index (Phi) is 5.24. The first-order chi connectivity index (χ1) is 13.6. The third-order valence-corrected chi connectivity index (χ3v) is 5.81. The standard InChI is InChI=1S/C21H22ClN3O3/c1-28-19-5-3-2-4-17(19)25-20(26)14-18(21(25)27)24-12-10-23(11-13-24)16-8-6-15(22)7-9-16/h2-9,18H,10-14H2,1H3/p+1. The molecule has 28 heavy (non-hydrogen) atoms. The van der Waals surface area contributed by atoms with Gasteiger partial charge in [0.1, 0.15) is 5.75 Å². The Morgan fingerprint density at radius 2 is 1.71 bits per heavy atom. The van der Waals surface area contributed by atoms with Crippen molar-refractivity contribution in [3.8, 4) is 5.75 Å². The van der Waals surface area contributed by atoms with Crippen LogP contribution in [0.5, 0.6) is 5.75 Å². The van der Waals surface area contributed by atoms with E-state index in [1.165, 1.54) is 9.80 Å². The van der Waals surface area contributed by atoms with Crippen molar-refractivity contribution < 1.29 is 19.2 Å². The number of carbonyl (C=O) groups is 2. The molecule has 2 amide bonds. The summed E-state index contributed by atoms with van der Waals surface area (Å²) in [6.45, 7) is 3.30. The number of ether oxygens (including phenoxy) is 1. The van der Waals surface area contributed by atoms with Gasteiger partial charge < -0.3 is 14.5 Å². The van der Waals surface area contributed by atoms with E-state index in [-0.39, 0.29) is 24.3 Å². The van der Waals surface area contributed by atoms with Gasteiger partial charge in [0.15, 0.2) is 6.04 Å². The monoisotopic (exact) mass is 400 g/mol. The zero-order valence-electron chi connectivity index (χ0n) is 15.7. The lowest BCUT2D eigenvalue weighted by atomic mass is 10.1. The number of carbonyl (C=O) groups excluding carboxylic acids is 2. The number of nitrogens with zero attached hydrogens (tertiary/aromatic N) is 2. The molecule has 2 aromatic carbocycles. The minimum Gasteiger partial charge on any atom is -0.495 e. The number of anilines is 2. The molecule has 2 aliphatic rings. The van der Waals surface area contributed by atoms with E-state index in [9.17, 15) is 9.59 Å². The molecule has 0 bridgehead atoms. The zero-order chi connectivity index (χ0) is 19.7. The second-order valence-corrected chi connectivity index (χ2v) is 7.55. The van der Waals surface area contributed by atoms with Crippen LogP contribution in [-0.4, -0.2) is 51.1 Å². The van der Waals surface area contributed by atoms with Crippen LogP contribution in [0.4, 0.5) is 11.4 Å². The number of benzene rings is 2. The number of piperazine rings is 1. The lowest BCUT2D eigenvalue weighted by Gasteiger charge is -2.35. The summed E-state index contributed by atoms with van der Waals surface area (Å²) in [5, 5.41) is 0.722. The molecule has 4 rings (SSSR count). The molecule has 7 heteroatoms. The molecule has 0 saturated carbocycles. The Morgan fingerprint density at radius 1 is 1.04 bits per heavy atom.